The number of hydrogen-bond acceptors (Lipinski definition) is 3. The van der Waals surface area contributed by atoms with Crippen molar-refractivity contribution in [2.75, 3.05) is 5.32 Å². The number of carbonyl (C=O) groups is 2. The molecule has 7 heteroatoms. The summed E-state index contributed by atoms with van der Waals surface area (Å²) in [4.78, 5) is 23.1. The minimum atomic E-state index is -0.792. The van der Waals surface area contributed by atoms with Crippen LogP contribution in [0, 0.1) is 5.92 Å². The van der Waals surface area contributed by atoms with Crippen LogP contribution in [0.2, 0.25) is 0 Å². The fourth-order valence-corrected chi connectivity index (χ4v) is 2.32. The van der Waals surface area contributed by atoms with Crippen molar-refractivity contribution in [3.8, 4) is 0 Å². The van der Waals surface area contributed by atoms with Gasteiger partial charge in [0.2, 0.25) is 11.8 Å². The predicted octanol–water partition coefficient (Wildman–Crippen LogP) is 2.72. The van der Waals surface area contributed by atoms with Crippen LogP contribution < -0.4 is 10.7 Å². The van der Waals surface area contributed by atoms with E-state index in [1.807, 2.05) is 19.1 Å². The number of amides is 2. The normalized spacial score (nSPS) is 20.6. The second-order valence-electron chi connectivity index (χ2n) is 5.28. The number of anilines is 1. The van der Waals surface area contributed by atoms with Crippen molar-refractivity contribution in [1.29, 1.82) is 0 Å². The monoisotopic (exact) mass is 341 g/mol. The molecule has 2 rings (SSSR count). The molecular formula is C15H17Cl2N3O2. The molecule has 1 aromatic rings. The lowest BCUT2D eigenvalue weighted by Gasteiger charge is -2.19. The Balaban J connectivity index is 2.08. The molecule has 0 aromatic heterocycles. The number of hydrogen-bond donors (Lipinski definition) is 2. The third-order valence-electron chi connectivity index (χ3n) is 3.36. The highest BCUT2D eigenvalue weighted by Gasteiger charge is 2.22. The molecule has 1 aromatic carbocycles. The quantitative estimate of drug-likeness (QED) is 0.826. The Morgan fingerprint density at radius 2 is 2.00 bits per heavy atom. The van der Waals surface area contributed by atoms with Crippen LogP contribution in [0.15, 0.2) is 29.4 Å². The Bertz CT molecular complexity index is 599. The zero-order valence-electron chi connectivity index (χ0n) is 12.3. The van der Waals surface area contributed by atoms with E-state index in [-0.39, 0.29) is 17.7 Å². The number of carbonyl (C=O) groups excluding carboxylic acids is 2. The lowest BCUT2D eigenvalue weighted by Crippen LogP contribution is -2.32. The van der Waals surface area contributed by atoms with Crippen LogP contribution in [0.3, 0.4) is 0 Å². The summed E-state index contributed by atoms with van der Waals surface area (Å²) in [5.41, 5.74) is 4.83. The summed E-state index contributed by atoms with van der Waals surface area (Å²) in [5.74, 6) is -0.366. The van der Waals surface area contributed by atoms with Crippen molar-refractivity contribution in [3.63, 3.8) is 0 Å². The number of alkyl halides is 2. The third-order valence-corrected chi connectivity index (χ3v) is 4.32. The minimum absolute atomic E-state index is 0.0542. The molecule has 3 unspecified atom stereocenters. The lowest BCUT2D eigenvalue weighted by atomic mass is 9.94. The van der Waals surface area contributed by atoms with Crippen molar-refractivity contribution in [2.45, 2.75) is 31.0 Å². The molecule has 118 valence electrons. The number of hydrazone groups is 1. The van der Waals surface area contributed by atoms with Gasteiger partial charge in [-0.05, 0) is 24.6 Å². The van der Waals surface area contributed by atoms with E-state index < -0.39 is 10.8 Å². The average Bonchev–Trinajstić information content (AvgIpc) is 2.47. The first-order valence-corrected chi connectivity index (χ1v) is 7.81. The summed E-state index contributed by atoms with van der Waals surface area (Å²) >= 11 is 11.7. The summed E-state index contributed by atoms with van der Waals surface area (Å²) < 4.78 is 0. The predicted molar refractivity (Wildman–Crippen MR) is 88.5 cm³/mol. The van der Waals surface area contributed by atoms with Gasteiger partial charge in [0.1, 0.15) is 5.38 Å². The van der Waals surface area contributed by atoms with Gasteiger partial charge in [-0.2, -0.15) is 5.10 Å². The Hall–Kier alpha value is -1.59. The zero-order chi connectivity index (χ0) is 16.3. The van der Waals surface area contributed by atoms with E-state index in [9.17, 15) is 9.59 Å². The minimum Gasteiger partial charge on any atom is -0.325 e. The van der Waals surface area contributed by atoms with E-state index >= 15 is 0 Å². The molecule has 0 fully saturated rings. The van der Waals surface area contributed by atoms with Gasteiger partial charge in [0.15, 0.2) is 0 Å². The molecule has 0 radical (unpaired) electrons. The number of benzene rings is 1. The van der Waals surface area contributed by atoms with Gasteiger partial charge < -0.3 is 5.32 Å². The van der Waals surface area contributed by atoms with Gasteiger partial charge in [-0.3, -0.25) is 9.59 Å². The molecule has 1 aliphatic heterocycles. The highest BCUT2D eigenvalue weighted by atomic mass is 35.5. The van der Waals surface area contributed by atoms with Gasteiger partial charge in [-0.1, -0.05) is 19.1 Å². The topological polar surface area (TPSA) is 70.6 Å². The Labute approximate surface area is 139 Å². The number of rotatable bonds is 4. The van der Waals surface area contributed by atoms with Crippen molar-refractivity contribution in [3.05, 3.63) is 29.8 Å². The van der Waals surface area contributed by atoms with Gasteiger partial charge in [0, 0.05) is 18.0 Å². The fraction of sp³-hybridized carbons (Fsp3) is 0.400. The van der Waals surface area contributed by atoms with Crippen LogP contribution in [-0.2, 0) is 9.59 Å². The molecule has 0 saturated carbocycles. The fourth-order valence-electron chi connectivity index (χ4n) is 2.15. The van der Waals surface area contributed by atoms with Crippen LogP contribution in [0.5, 0.6) is 0 Å². The molecule has 3 atom stereocenters. The highest BCUT2D eigenvalue weighted by Crippen LogP contribution is 2.19. The molecule has 5 nitrogen and oxygen atoms in total. The Kier molecular flexibility index (Phi) is 5.42. The molecular weight excluding hydrogens is 325 g/mol. The van der Waals surface area contributed by atoms with Crippen LogP contribution in [0.1, 0.15) is 25.8 Å². The van der Waals surface area contributed by atoms with Crippen molar-refractivity contribution < 1.29 is 9.59 Å². The summed E-state index contributed by atoms with van der Waals surface area (Å²) in [6.07, 6.45) is 0.416. The van der Waals surface area contributed by atoms with Crippen LogP contribution >= 0.6 is 23.2 Å². The van der Waals surface area contributed by atoms with E-state index in [1.54, 1.807) is 19.1 Å². The molecule has 1 heterocycles. The largest absolute Gasteiger partial charge is 0.325 e. The van der Waals surface area contributed by atoms with Crippen LogP contribution in [-0.4, -0.2) is 28.3 Å². The summed E-state index contributed by atoms with van der Waals surface area (Å²) in [5, 5.41) is 5.55. The van der Waals surface area contributed by atoms with E-state index in [1.165, 1.54) is 0 Å². The van der Waals surface area contributed by atoms with E-state index in [2.05, 4.69) is 15.8 Å². The first-order valence-electron chi connectivity index (χ1n) is 6.94. The molecule has 0 spiro atoms. The van der Waals surface area contributed by atoms with Crippen molar-refractivity contribution >= 4 is 46.4 Å². The van der Waals surface area contributed by atoms with E-state index in [0.717, 1.165) is 11.3 Å². The molecule has 1 aliphatic rings. The van der Waals surface area contributed by atoms with Crippen molar-refractivity contribution in [1.82, 2.24) is 5.43 Å². The molecule has 0 bridgehead atoms. The third kappa shape index (κ3) is 3.99. The Morgan fingerprint density at radius 1 is 1.36 bits per heavy atom. The average molecular weight is 342 g/mol. The zero-order valence-corrected chi connectivity index (χ0v) is 13.8. The molecule has 2 N–H and O–H groups in total. The summed E-state index contributed by atoms with van der Waals surface area (Å²) in [7, 11) is 0. The van der Waals surface area contributed by atoms with Gasteiger partial charge in [0.25, 0.3) is 0 Å². The maximum atomic E-state index is 11.8. The molecule has 0 aliphatic carbocycles. The van der Waals surface area contributed by atoms with Crippen LogP contribution in [0.25, 0.3) is 0 Å². The number of nitrogens with one attached hydrogen (secondary N) is 2. The SMILES string of the molecule is CC1CC(=O)NN=C1c1ccc(NC(=O)C(Cl)C(C)Cl)cc1. The number of nitrogens with zero attached hydrogens (tertiary/aromatic N) is 1. The Morgan fingerprint density at radius 3 is 2.55 bits per heavy atom. The maximum Gasteiger partial charge on any atom is 0.243 e. The summed E-state index contributed by atoms with van der Waals surface area (Å²) in [6.45, 7) is 3.62. The molecule has 0 saturated heterocycles. The lowest BCUT2D eigenvalue weighted by molar-refractivity contribution is -0.122. The smallest absolute Gasteiger partial charge is 0.243 e. The van der Waals surface area contributed by atoms with Gasteiger partial charge >= 0.3 is 0 Å². The first kappa shape index (κ1) is 16.8. The van der Waals surface area contributed by atoms with E-state index in [4.69, 9.17) is 23.2 Å². The molecule has 22 heavy (non-hydrogen) atoms. The first-order chi connectivity index (χ1) is 10.4. The summed E-state index contributed by atoms with van der Waals surface area (Å²) in [6, 6.07) is 7.22. The van der Waals surface area contributed by atoms with E-state index in [0.29, 0.717) is 12.1 Å². The van der Waals surface area contributed by atoms with Crippen molar-refractivity contribution in [2.24, 2.45) is 11.0 Å². The second-order valence-corrected chi connectivity index (χ2v) is 6.44. The van der Waals surface area contributed by atoms with Gasteiger partial charge in [-0.15, -0.1) is 23.2 Å². The standard InChI is InChI=1S/C15H17Cl2N3O2/c1-8-7-12(21)19-20-14(8)10-3-5-11(6-4-10)18-15(22)13(17)9(2)16/h3-6,8-9,13H,7H2,1-2H3,(H,18,22)(H,19,21). The van der Waals surface area contributed by atoms with Gasteiger partial charge in [0.05, 0.1) is 11.1 Å². The second kappa shape index (κ2) is 7.11. The number of halogens is 2. The highest BCUT2D eigenvalue weighted by molar-refractivity contribution is 6.38. The van der Waals surface area contributed by atoms with Crippen LogP contribution in [0.4, 0.5) is 5.69 Å². The maximum absolute atomic E-state index is 11.8. The molecule has 2 amide bonds. The van der Waals surface area contributed by atoms with Gasteiger partial charge in [-0.25, -0.2) is 5.43 Å².